The second-order valence-corrected chi connectivity index (χ2v) is 10.1. The van der Waals surface area contributed by atoms with Gasteiger partial charge in [-0.1, -0.05) is 78.9 Å². The van der Waals surface area contributed by atoms with Crippen LogP contribution >= 0.6 is 0 Å². The molecule has 1 aliphatic heterocycles. The first-order chi connectivity index (χ1) is 21.0. The summed E-state index contributed by atoms with van der Waals surface area (Å²) >= 11 is 0. The molecular formula is C35H32F2N2O4. The van der Waals surface area contributed by atoms with Gasteiger partial charge in [-0.3, -0.25) is 4.79 Å². The number of ether oxygens (including phenoxy) is 2. The van der Waals surface area contributed by atoms with Crippen molar-refractivity contribution in [1.82, 2.24) is 5.32 Å². The number of halogens is 2. The molecule has 0 aliphatic carbocycles. The van der Waals surface area contributed by atoms with Gasteiger partial charge in [-0.15, -0.1) is 0 Å². The van der Waals surface area contributed by atoms with E-state index in [0.29, 0.717) is 24.3 Å². The number of aliphatic imine (C=N–C) groups is 1. The van der Waals surface area contributed by atoms with Crippen molar-refractivity contribution in [1.29, 1.82) is 0 Å². The normalized spacial score (nSPS) is 17.8. The zero-order valence-electron chi connectivity index (χ0n) is 23.5. The molecule has 4 aromatic rings. The molecule has 1 amide bonds. The largest absolute Gasteiger partial charge is 0.494 e. The number of carbonyl (C=O) groups is 1. The van der Waals surface area contributed by atoms with Crippen LogP contribution in [0.5, 0.6) is 5.75 Å². The molecule has 2 atom stereocenters. The van der Waals surface area contributed by atoms with E-state index < -0.39 is 29.2 Å². The highest BCUT2D eigenvalue weighted by molar-refractivity contribution is 6.01. The lowest BCUT2D eigenvalue weighted by atomic mass is 9.84. The summed E-state index contributed by atoms with van der Waals surface area (Å²) in [6.45, 7) is 0.0623. The maximum absolute atomic E-state index is 14.4. The Labute approximate surface area is 249 Å². The Morgan fingerprint density at radius 2 is 1.60 bits per heavy atom. The van der Waals surface area contributed by atoms with Crippen LogP contribution < -0.4 is 10.1 Å². The minimum atomic E-state index is -1.49. The molecule has 0 fully saturated rings. The van der Waals surface area contributed by atoms with Crippen LogP contribution in [0.1, 0.15) is 41.2 Å². The summed E-state index contributed by atoms with van der Waals surface area (Å²) in [5.74, 6) is -1.13. The molecule has 0 unspecified atom stereocenters. The van der Waals surface area contributed by atoms with Gasteiger partial charge in [0.05, 0.1) is 6.61 Å². The number of hydrogen-bond donors (Lipinski definition) is 2. The van der Waals surface area contributed by atoms with E-state index in [0.717, 1.165) is 23.3 Å². The Kier molecular flexibility index (Phi) is 9.59. The van der Waals surface area contributed by atoms with Crippen LogP contribution in [0.3, 0.4) is 0 Å². The number of amides is 1. The molecule has 220 valence electrons. The first kappa shape index (κ1) is 29.7. The second-order valence-electron chi connectivity index (χ2n) is 10.1. The summed E-state index contributed by atoms with van der Waals surface area (Å²) in [4.78, 5) is 19.1. The second kappa shape index (κ2) is 13.9. The third-order valence-corrected chi connectivity index (χ3v) is 7.16. The Bertz CT molecular complexity index is 1560. The summed E-state index contributed by atoms with van der Waals surface area (Å²) in [6.07, 6.45) is 3.61. The fourth-order valence-electron chi connectivity index (χ4n) is 4.90. The molecule has 1 aliphatic rings. The first-order valence-electron chi connectivity index (χ1n) is 14.1. The van der Waals surface area contributed by atoms with Crippen molar-refractivity contribution in [3.8, 4) is 5.75 Å². The van der Waals surface area contributed by atoms with Gasteiger partial charge in [-0.05, 0) is 47.5 Å². The molecule has 6 nitrogen and oxygen atoms in total. The zero-order valence-corrected chi connectivity index (χ0v) is 23.5. The molecule has 0 radical (unpaired) electrons. The standard InChI is InChI=1S/C35H32F2N2O4/c36-30-15-7-16-31(37)29(30)24-38-34(41)35(21-8-12-25-10-3-1-4-11-25)32(26-13-5-2-6-14-26)43-33(39-35)27-17-19-28(20-18-27)42-23-9-22-40/h1-8,10-20,32,40H,9,21-24H2,(H,38,41)/b12-8+/t32-,35-/m1/s1. The smallest absolute Gasteiger partial charge is 0.252 e. The van der Waals surface area contributed by atoms with Crippen molar-refractivity contribution < 1.29 is 28.2 Å². The van der Waals surface area contributed by atoms with Crippen molar-refractivity contribution in [2.24, 2.45) is 4.99 Å². The summed E-state index contributed by atoms with van der Waals surface area (Å²) in [7, 11) is 0. The quantitative estimate of drug-likeness (QED) is 0.190. The third kappa shape index (κ3) is 6.98. The van der Waals surface area contributed by atoms with Crippen LogP contribution in [0.25, 0.3) is 6.08 Å². The summed E-state index contributed by atoms with van der Waals surface area (Å²) in [6, 6.07) is 29.7. The molecule has 0 aromatic heterocycles. The Morgan fingerprint density at radius 1 is 0.930 bits per heavy atom. The summed E-state index contributed by atoms with van der Waals surface area (Å²) < 4.78 is 41.0. The van der Waals surface area contributed by atoms with Gasteiger partial charge < -0.3 is 19.9 Å². The molecule has 0 saturated heterocycles. The van der Waals surface area contributed by atoms with Crippen LogP contribution in [-0.4, -0.2) is 35.7 Å². The number of nitrogens with zero attached hydrogens (tertiary/aromatic N) is 1. The monoisotopic (exact) mass is 582 g/mol. The lowest BCUT2D eigenvalue weighted by Gasteiger charge is -2.30. The molecule has 8 heteroatoms. The molecule has 4 aromatic carbocycles. The SMILES string of the molecule is O=C(NCc1c(F)cccc1F)[C@]1(C/C=C/c2ccccc2)N=C(c2ccc(OCCCO)cc2)O[C@@H]1c1ccccc1. The van der Waals surface area contributed by atoms with E-state index in [4.69, 9.17) is 19.6 Å². The molecule has 43 heavy (non-hydrogen) atoms. The van der Waals surface area contributed by atoms with E-state index >= 15 is 0 Å². The highest BCUT2D eigenvalue weighted by atomic mass is 19.1. The highest BCUT2D eigenvalue weighted by Crippen LogP contribution is 2.43. The van der Waals surface area contributed by atoms with Crippen LogP contribution in [0.15, 0.2) is 114 Å². The molecule has 1 heterocycles. The van der Waals surface area contributed by atoms with Gasteiger partial charge in [0, 0.05) is 37.1 Å². The molecule has 2 N–H and O–H groups in total. The minimum absolute atomic E-state index is 0.0377. The maximum atomic E-state index is 14.4. The van der Waals surface area contributed by atoms with Gasteiger partial charge in [-0.25, -0.2) is 13.8 Å². The van der Waals surface area contributed by atoms with E-state index in [1.165, 1.54) is 6.07 Å². The third-order valence-electron chi connectivity index (χ3n) is 7.16. The van der Waals surface area contributed by atoms with Crippen molar-refractivity contribution >= 4 is 17.9 Å². The van der Waals surface area contributed by atoms with Crippen LogP contribution in [0.2, 0.25) is 0 Å². The molecular weight excluding hydrogens is 550 g/mol. The number of carbonyl (C=O) groups excluding carboxylic acids is 1. The van der Waals surface area contributed by atoms with E-state index in [9.17, 15) is 13.6 Å². The average Bonchev–Trinajstić information content (AvgIpc) is 3.43. The van der Waals surface area contributed by atoms with E-state index in [1.54, 1.807) is 24.3 Å². The van der Waals surface area contributed by atoms with E-state index in [-0.39, 0.29) is 31.0 Å². The number of rotatable bonds is 12. The predicted molar refractivity (Wildman–Crippen MR) is 161 cm³/mol. The predicted octanol–water partition coefficient (Wildman–Crippen LogP) is 6.40. The van der Waals surface area contributed by atoms with Crippen molar-refractivity contribution in [2.45, 2.75) is 31.0 Å². The number of benzene rings is 4. The van der Waals surface area contributed by atoms with Crippen molar-refractivity contribution in [3.63, 3.8) is 0 Å². The number of nitrogens with one attached hydrogen (secondary N) is 1. The Morgan fingerprint density at radius 3 is 2.28 bits per heavy atom. The van der Waals surface area contributed by atoms with Crippen molar-refractivity contribution in [3.05, 3.63) is 143 Å². The molecule has 0 saturated carbocycles. The fourth-order valence-corrected chi connectivity index (χ4v) is 4.90. The van der Waals surface area contributed by atoms with Gasteiger partial charge in [0.25, 0.3) is 5.91 Å². The topological polar surface area (TPSA) is 80.2 Å². The van der Waals surface area contributed by atoms with Crippen LogP contribution in [0, 0.1) is 11.6 Å². The zero-order chi connectivity index (χ0) is 30.1. The highest BCUT2D eigenvalue weighted by Gasteiger charge is 2.52. The Balaban J connectivity index is 1.52. The number of aliphatic hydroxyl groups is 1. The number of aliphatic hydroxyl groups excluding tert-OH is 1. The summed E-state index contributed by atoms with van der Waals surface area (Å²) in [5.41, 5.74) is 0.590. The molecule has 0 bridgehead atoms. The maximum Gasteiger partial charge on any atom is 0.252 e. The summed E-state index contributed by atoms with van der Waals surface area (Å²) in [5, 5.41) is 11.8. The van der Waals surface area contributed by atoms with Gasteiger partial charge in [0.15, 0.2) is 11.6 Å². The molecule has 5 rings (SSSR count). The number of hydrogen-bond acceptors (Lipinski definition) is 5. The first-order valence-corrected chi connectivity index (χ1v) is 14.1. The lowest BCUT2D eigenvalue weighted by Crippen LogP contribution is -2.48. The molecule has 0 spiro atoms. The van der Waals surface area contributed by atoms with Gasteiger partial charge in [-0.2, -0.15) is 0 Å². The fraction of sp³-hybridized carbons (Fsp3) is 0.200. The Hall–Kier alpha value is -4.82. The lowest BCUT2D eigenvalue weighted by molar-refractivity contribution is -0.129. The van der Waals surface area contributed by atoms with E-state index in [2.05, 4.69) is 5.32 Å². The van der Waals surface area contributed by atoms with Gasteiger partial charge in [0.1, 0.15) is 17.4 Å². The van der Waals surface area contributed by atoms with Gasteiger partial charge >= 0.3 is 0 Å². The minimum Gasteiger partial charge on any atom is -0.494 e. The van der Waals surface area contributed by atoms with Crippen molar-refractivity contribution in [2.75, 3.05) is 13.2 Å². The van der Waals surface area contributed by atoms with E-state index in [1.807, 2.05) is 72.8 Å². The average molecular weight is 583 g/mol. The van der Waals surface area contributed by atoms with Crippen LogP contribution in [0.4, 0.5) is 8.78 Å². The van der Waals surface area contributed by atoms with Gasteiger partial charge in [0.2, 0.25) is 5.90 Å². The van der Waals surface area contributed by atoms with Crippen LogP contribution in [-0.2, 0) is 16.1 Å².